The summed E-state index contributed by atoms with van der Waals surface area (Å²) in [6.45, 7) is 14.3. The molecule has 6 rings (SSSR count). The monoisotopic (exact) mass is 493 g/mol. The second-order valence-electron chi connectivity index (χ2n) is 12.3. The lowest BCUT2D eigenvalue weighted by molar-refractivity contribution is -0.0813. The summed E-state index contributed by atoms with van der Waals surface area (Å²) in [6, 6.07) is 1.29. The quantitative estimate of drug-likeness (QED) is 0.468. The average molecular weight is 494 g/mol. The van der Waals surface area contributed by atoms with Gasteiger partial charge in [-0.2, -0.15) is 0 Å². The van der Waals surface area contributed by atoms with Gasteiger partial charge in [0.1, 0.15) is 6.17 Å². The third-order valence-corrected chi connectivity index (χ3v) is 9.36. The summed E-state index contributed by atoms with van der Waals surface area (Å²) >= 11 is 0. The molecule has 3 nitrogen and oxygen atoms in total. The molecule has 4 aliphatic heterocycles. The van der Waals surface area contributed by atoms with Crippen molar-refractivity contribution in [3.8, 4) is 0 Å². The Balaban J connectivity index is 0.000000121. The van der Waals surface area contributed by atoms with Crippen LogP contribution in [0.4, 0.5) is 22.0 Å². The molecule has 34 heavy (non-hydrogen) atoms. The molecule has 2 saturated carbocycles. The molecule has 5 unspecified atom stereocenters. The van der Waals surface area contributed by atoms with Crippen molar-refractivity contribution in [3.63, 3.8) is 0 Å². The molecule has 4 heterocycles. The van der Waals surface area contributed by atoms with Gasteiger partial charge < -0.3 is 0 Å². The lowest BCUT2D eigenvalue weighted by Crippen LogP contribution is -2.47. The summed E-state index contributed by atoms with van der Waals surface area (Å²) in [4.78, 5) is 6.64. The molecule has 2 bridgehead atoms. The molecule has 2 aliphatic carbocycles. The lowest BCUT2D eigenvalue weighted by atomic mass is 9.99. The summed E-state index contributed by atoms with van der Waals surface area (Å²) in [5.74, 6) is -5.32. The van der Waals surface area contributed by atoms with Crippen molar-refractivity contribution < 1.29 is 22.0 Å². The minimum absolute atomic E-state index is 0.0946. The van der Waals surface area contributed by atoms with Gasteiger partial charge in [-0.25, -0.2) is 22.0 Å². The molecule has 0 amide bonds. The van der Waals surface area contributed by atoms with E-state index in [1.54, 1.807) is 0 Å². The Bertz CT molecular complexity index is 681. The Kier molecular flexibility index (Phi) is 7.38. The van der Waals surface area contributed by atoms with E-state index >= 15 is 0 Å². The highest BCUT2D eigenvalue weighted by Crippen LogP contribution is 2.59. The first-order chi connectivity index (χ1) is 15.8. The minimum atomic E-state index is -2.38. The first-order valence-corrected chi connectivity index (χ1v) is 13.4. The largest absolute Gasteiger partial charge is 0.300 e. The number of rotatable bonds is 3. The average Bonchev–Trinajstić information content (AvgIpc) is 3.37. The fraction of sp³-hybridized carbons (Fsp3) is 1.00. The van der Waals surface area contributed by atoms with Gasteiger partial charge in [-0.15, -0.1) is 0 Å². The molecular formula is C26H44F5N3. The lowest BCUT2D eigenvalue weighted by Gasteiger charge is -2.37. The van der Waals surface area contributed by atoms with E-state index in [-0.39, 0.29) is 42.2 Å². The van der Waals surface area contributed by atoms with Crippen LogP contribution in [0.1, 0.15) is 73.1 Å². The minimum Gasteiger partial charge on any atom is -0.300 e. The van der Waals surface area contributed by atoms with Gasteiger partial charge in [0.05, 0.1) is 0 Å². The van der Waals surface area contributed by atoms with E-state index < -0.39 is 18.0 Å². The number of hydrogen-bond donors (Lipinski definition) is 0. The summed E-state index contributed by atoms with van der Waals surface area (Å²) in [5.41, 5.74) is 0.115. The molecule has 4 saturated heterocycles. The Hall–Kier alpha value is -0.470. The van der Waals surface area contributed by atoms with Crippen molar-refractivity contribution in [2.45, 2.75) is 115 Å². The Morgan fingerprint density at radius 2 is 1.29 bits per heavy atom. The van der Waals surface area contributed by atoms with Crippen LogP contribution in [-0.4, -0.2) is 89.6 Å². The number of likely N-dealkylation sites (tertiary alicyclic amines) is 2. The van der Waals surface area contributed by atoms with E-state index in [9.17, 15) is 22.0 Å². The van der Waals surface area contributed by atoms with Gasteiger partial charge in [-0.05, 0) is 59.9 Å². The SMILES string of the molecule is CC(C)N1CC(F)C2(CC2)C1.CC(C)N1CC2C(C1)C2(F)F.CCN1C2CCC1CC(F)(F)C2. The molecule has 0 radical (unpaired) electrons. The van der Waals surface area contributed by atoms with E-state index in [2.05, 4.69) is 49.3 Å². The summed E-state index contributed by atoms with van der Waals surface area (Å²) in [5, 5.41) is 0. The standard InChI is InChI=1S/C9H15F2N.C9H16FN.C8H13F2N/c1-2-12-7-3-4-8(12)6-9(10,11)5-7;1-7(2)11-5-8(10)9(6-11)3-4-9;1-5(2)11-3-6-7(4-11)8(6,9)10/h7-8H,2-6H2,1H3;7-8H,3-6H2,1-2H3;5-7H,3-4H2,1-2H3. The van der Waals surface area contributed by atoms with E-state index in [1.165, 1.54) is 0 Å². The third kappa shape index (κ3) is 5.29. The molecule has 0 aromatic heterocycles. The molecule has 5 atom stereocenters. The number of halogens is 5. The topological polar surface area (TPSA) is 9.72 Å². The second-order valence-corrected chi connectivity index (χ2v) is 12.3. The maximum Gasteiger partial charge on any atom is 0.257 e. The fourth-order valence-corrected chi connectivity index (χ4v) is 6.70. The fourth-order valence-electron chi connectivity index (χ4n) is 6.70. The smallest absolute Gasteiger partial charge is 0.257 e. The molecule has 6 fully saturated rings. The highest BCUT2D eigenvalue weighted by Gasteiger charge is 2.71. The molecule has 6 aliphatic rings. The predicted octanol–water partition coefficient (Wildman–Crippen LogP) is 5.69. The Morgan fingerprint density at radius 1 is 0.794 bits per heavy atom. The van der Waals surface area contributed by atoms with Crippen molar-refractivity contribution >= 4 is 0 Å². The molecule has 0 N–H and O–H groups in total. The zero-order valence-corrected chi connectivity index (χ0v) is 21.6. The summed E-state index contributed by atoms with van der Waals surface area (Å²) < 4.78 is 64.7. The van der Waals surface area contributed by atoms with E-state index in [0.29, 0.717) is 31.7 Å². The number of piperidine rings is 2. The van der Waals surface area contributed by atoms with Crippen LogP contribution in [0, 0.1) is 17.3 Å². The first-order valence-electron chi connectivity index (χ1n) is 13.4. The maximum absolute atomic E-state index is 13.3. The second kappa shape index (κ2) is 9.44. The van der Waals surface area contributed by atoms with Gasteiger partial charge in [-0.1, -0.05) is 6.92 Å². The predicted molar refractivity (Wildman–Crippen MR) is 125 cm³/mol. The van der Waals surface area contributed by atoms with Crippen LogP contribution in [0.15, 0.2) is 0 Å². The van der Waals surface area contributed by atoms with Crippen LogP contribution in [0.2, 0.25) is 0 Å². The number of alkyl halides is 5. The number of fused-ring (bicyclic) bond motifs is 3. The van der Waals surface area contributed by atoms with Gasteiger partial charge in [-0.3, -0.25) is 14.7 Å². The van der Waals surface area contributed by atoms with Crippen LogP contribution in [0.3, 0.4) is 0 Å². The van der Waals surface area contributed by atoms with Crippen molar-refractivity contribution in [3.05, 3.63) is 0 Å². The molecule has 0 aromatic rings. The van der Waals surface area contributed by atoms with Crippen molar-refractivity contribution in [2.24, 2.45) is 17.3 Å². The van der Waals surface area contributed by atoms with Crippen LogP contribution in [0.25, 0.3) is 0 Å². The van der Waals surface area contributed by atoms with Gasteiger partial charge in [0.25, 0.3) is 11.8 Å². The summed E-state index contributed by atoms with van der Waals surface area (Å²) in [7, 11) is 0. The zero-order chi connectivity index (χ0) is 25.1. The first kappa shape index (κ1) is 26.6. The van der Waals surface area contributed by atoms with E-state index in [4.69, 9.17) is 0 Å². The van der Waals surface area contributed by atoms with E-state index in [0.717, 1.165) is 38.8 Å². The van der Waals surface area contributed by atoms with Gasteiger partial charge in [0, 0.05) is 80.4 Å². The molecular weight excluding hydrogens is 449 g/mol. The molecule has 8 heteroatoms. The van der Waals surface area contributed by atoms with Crippen LogP contribution in [-0.2, 0) is 0 Å². The van der Waals surface area contributed by atoms with Crippen LogP contribution < -0.4 is 0 Å². The highest BCUT2D eigenvalue weighted by molar-refractivity contribution is 5.12. The molecule has 0 aromatic carbocycles. The third-order valence-electron chi connectivity index (χ3n) is 9.36. The highest BCUT2D eigenvalue weighted by atomic mass is 19.3. The van der Waals surface area contributed by atoms with Crippen molar-refractivity contribution in [2.75, 3.05) is 32.7 Å². The summed E-state index contributed by atoms with van der Waals surface area (Å²) in [6.07, 6.45) is 3.86. The number of nitrogens with zero attached hydrogens (tertiary/aromatic N) is 3. The Morgan fingerprint density at radius 3 is 1.65 bits per heavy atom. The van der Waals surface area contributed by atoms with Crippen molar-refractivity contribution in [1.29, 1.82) is 0 Å². The zero-order valence-electron chi connectivity index (χ0n) is 21.6. The Labute approximate surface area is 202 Å². The molecule has 198 valence electrons. The van der Waals surface area contributed by atoms with E-state index in [1.807, 2.05) is 0 Å². The molecule has 1 spiro atoms. The van der Waals surface area contributed by atoms with Crippen LogP contribution in [0.5, 0.6) is 0 Å². The van der Waals surface area contributed by atoms with Gasteiger partial charge in [0.2, 0.25) is 0 Å². The maximum atomic E-state index is 13.3. The van der Waals surface area contributed by atoms with Gasteiger partial charge >= 0.3 is 0 Å². The van der Waals surface area contributed by atoms with Crippen molar-refractivity contribution in [1.82, 2.24) is 14.7 Å². The van der Waals surface area contributed by atoms with Gasteiger partial charge in [0.15, 0.2) is 0 Å². The number of hydrogen-bond acceptors (Lipinski definition) is 3. The van der Waals surface area contributed by atoms with Crippen LogP contribution >= 0.6 is 0 Å². The normalized spacial score (nSPS) is 39.0.